The number of nitrogens with one attached hydrogen (secondary N) is 1. The fraction of sp³-hybridized carbons (Fsp3) is 0.167. The third kappa shape index (κ3) is 5.07. The van der Waals surface area contributed by atoms with Gasteiger partial charge in [-0.15, -0.1) is 0 Å². The van der Waals surface area contributed by atoms with Crippen molar-refractivity contribution >= 4 is 11.6 Å². The Labute approximate surface area is 194 Å². The number of benzene rings is 2. The highest BCUT2D eigenvalue weighted by Crippen LogP contribution is 2.26. The van der Waals surface area contributed by atoms with Gasteiger partial charge >= 0.3 is 0 Å². The van der Waals surface area contributed by atoms with Crippen molar-refractivity contribution in [2.24, 2.45) is 0 Å². The van der Waals surface area contributed by atoms with Gasteiger partial charge < -0.3 is 28.6 Å². The molecule has 0 saturated heterocycles. The predicted molar refractivity (Wildman–Crippen MR) is 124 cm³/mol. The number of nitrogens with zero attached hydrogens (tertiary/aromatic N) is 3. The van der Waals surface area contributed by atoms with Gasteiger partial charge in [0.05, 0.1) is 26.9 Å². The lowest BCUT2D eigenvalue weighted by Crippen LogP contribution is -2.26. The molecule has 10 nitrogen and oxygen atoms in total. The first-order chi connectivity index (χ1) is 16.5. The first-order valence-corrected chi connectivity index (χ1v) is 10.2. The molecule has 1 N–H and O–H groups in total. The van der Waals surface area contributed by atoms with Gasteiger partial charge in [-0.1, -0.05) is 5.16 Å². The maximum absolute atomic E-state index is 12.6. The maximum atomic E-state index is 12.6. The summed E-state index contributed by atoms with van der Waals surface area (Å²) in [6.07, 6.45) is 1.50. The first kappa shape index (κ1) is 22.6. The fourth-order valence-electron chi connectivity index (χ4n) is 3.21. The number of carbonyl (C=O) groups excluding carboxylic acids is 1. The number of hydrogen-bond acceptors (Lipinski definition) is 8. The van der Waals surface area contributed by atoms with Gasteiger partial charge in [0.25, 0.3) is 11.4 Å². The molecular formula is C24H22N4O6. The summed E-state index contributed by atoms with van der Waals surface area (Å²) >= 11 is 0. The number of rotatable bonds is 8. The van der Waals surface area contributed by atoms with E-state index in [-0.39, 0.29) is 18.0 Å². The first-order valence-electron chi connectivity index (χ1n) is 10.2. The second-order valence-corrected chi connectivity index (χ2v) is 7.19. The van der Waals surface area contributed by atoms with Crippen molar-refractivity contribution in [2.75, 3.05) is 26.6 Å². The topological polar surface area (TPSA) is 118 Å². The summed E-state index contributed by atoms with van der Waals surface area (Å²) < 4.78 is 22.2. The average molecular weight is 462 g/mol. The number of pyridine rings is 1. The molecule has 174 valence electrons. The number of amides is 1. The summed E-state index contributed by atoms with van der Waals surface area (Å²) in [6.45, 7) is -0.217. The molecule has 0 aliphatic carbocycles. The normalized spacial score (nSPS) is 10.6. The summed E-state index contributed by atoms with van der Waals surface area (Å²) in [6, 6.07) is 15.1. The van der Waals surface area contributed by atoms with Crippen LogP contribution in [0.1, 0.15) is 0 Å². The molecule has 0 aliphatic rings. The molecule has 34 heavy (non-hydrogen) atoms. The lowest BCUT2D eigenvalue weighted by Gasteiger charge is -2.11. The molecule has 2 aromatic heterocycles. The quantitative estimate of drug-likeness (QED) is 0.424. The van der Waals surface area contributed by atoms with Crippen LogP contribution in [0.2, 0.25) is 0 Å². The van der Waals surface area contributed by atoms with E-state index in [9.17, 15) is 9.59 Å². The summed E-state index contributed by atoms with van der Waals surface area (Å²) in [5.41, 5.74) is 1.38. The van der Waals surface area contributed by atoms with Crippen molar-refractivity contribution in [1.29, 1.82) is 0 Å². The molecule has 0 radical (unpaired) electrons. The van der Waals surface area contributed by atoms with Crippen LogP contribution in [0.4, 0.5) is 5.69 Å². The van der Waals surface area contributed by atoms with E-state index in [0.29, 0.717) is 34.3 Å². The zero-order chi connectivity index (χ0) is 24.1. The molecule has 0 spiro atoms. The van der Waals surface area contributed by atoms with E-state index < -0.39 is 5.91 Å². The third-order valence-electron chi connectivity index (χ3n) is 4.95. The predicted octanol–water partition coefficient (Wildman–Crippen LogP) is 3.23. The van der Waals surface area contributed by atoms with Crippen molar-refractivity contribution in [3.05, 3.63) is 71.1 Å². The van der Waals surface area contributed by atoms with Gasteiger partial charge in [-0.25, -0.2) is 0 Å². The molecular weight excluding hydrogens is 440 g/mol. The lowest BCUT2D eigenvalue weighted by molar-refractivity contribution is -0.116. The zero-order valence-electron chi connectivity index (χ0n) is 18.8. The van der Waals surface area contributed by atoms with E-state index in [1.165, 1.54) is 31.0 Å². The highest BCUT2D eigenvalue weighted by Gasteiger charge is 2.14. The minimum Gasteiger partial charge on any atom is -0.497 e. The number of hydrogen-bond donors (Lipinski definition) is 1. The number of carbonyl (C=O) groups is 1. The Kier molecular flexibility index (Phi) is 6.58. The van der Waals surface area contributed by atoms with Gasteiger partial charge in [-0.05, 0) is 30.3 Å². The minimum atomic E-state index is -0.404. The Hall–Kier alpha value is -4.60. The molecule has 0 aliphatic heterocycles. The van der Waals surface area contributed by atoms with E-state index in [4.69, 9.17) is 18.7 Å². The van der Waals surface area contributed by atoms with Gasteiger partial charge in [0.1, 0.15) is 23.8 Å². The Morgan fingerprint density at radius 3 is 2.21 bits per heavy atom. The monoisotopic (exact) mass is 462 g/mol. The van der Waals surface area contributed by atoms with Crippen molar-refractivity contribution in [1.82, 2.24) is 14.7 Å². The molecule has 0 bridgehead atoms. The van der Waals surface area contributed by atoms with Crippen molar-refractivity contribution in [2.45, 2.75) is 6.54 Å². The highest BCUT2D eigenvalue weighted by atomic mass is 16.5. The van der Waals surface area contributed by atoms with Crippen LogP contribution >= 0.6 is 0 Å². The summed E-state index contributed by atoms with van der Waals surface area (Å²) in [5.74, 6) is 1.97. The van der Waals surface area contributed by atoms with E-state index in [1.807, 2.05) is 12.1 Å². The Balaban J connectivity index is 1.52. The number of ether oxygens (including phenoxy) is 3. The van der Waals surface area contributed by atoms with Gasteiger partial charge in [-0.3, -0.25) is 9.59 Å². The maximum Gasteiger partial charge on any atom is 0.259 e. The standard InChI is InChI=1S/C24H22N4O6/c1-31-18-7-4-15(5-8-18)23-26-24(34-27-23)16-6-9-22(30)28(13-16)14-21(29)25-17-10-19(32-2)12-20(11-17)33-3/h4-13H,14H2,1-3H3,(H,25,29). The third-order valence-corrected chi connectivity index (χ3v) is 4.95. The summed E-state index contributed by atoms with van der Waals surface area (Å²) in [7, 11) is 4.62. The molecule has 2 aromatic carbocycles. The zero-order valence-corrected chi connectivity index (χ0v) is 18.8. The number of aromatic nitrogens is 3. The van der Waals surface area contributed by atoms with Crippen LogP contribution in [-0.2, 0) is 11.3 Å². The second-order valence-electron chi connectivity index (χ2n) is 7.19. The van der Waals surface area contributed by atoms with Crippen LogP contribution in [0.25, 0.3) is 22.8 Å². The smallest absolute Gasteiger partial charge is 0.259 e. The molecule has 2 heterocycles. The summed E-state index contributed by atoms with van der Waals surface area (Å²) in [5, 5.41) is 6.74. The molecule has 0 fully saturated rings. The number of methoxy groups -OCH3 is 3. The number of anilines is 1. The van der Waals surface area contributed by atoms with Gasteiger partial charge in [-0.2, -0.15) is 4.98 Å². The van der Waals surface area contributed by atoms with Crippen LogP contribution in [-0.4, -0.2) is 41.9 Å². The van der Waals surface area contributed by atoms with Crippen molar-refractivity contribution in [3.8, 4) is 40.1 Å². The SMILES string of the molecule is COc1ccc(-c2noc(-c3ccc(=O)n(CC(=O)Nc4cc(OC)cc(OC)c4)c3)n2)cc1. The highest BCUT2D eigenvalue weighted by molar-refractivity contribution is 5.91. The molecule has 10 heteroatoms. The van der Waals surface area contributed by atoms with E-state index in [2.05, 4.69) is 15.5 Å². The molecule has 0 unspecified atom stereocenters. The van der Waals surface area contributed by atoms with Gasteiger partial charge in [0.15, 0.2) is 0 Å². The van der Waals surface area contributed by atoms with Crippen LogP contribution in [0.5, 0.6) is 17.2 Å². The average Bonchev–Trinajstić information content (AvgIpc) is 3.35. The fourth-order valence-corrected chi connectivity index (χ4v) is 3.21. The van der Waals surface area contributed by atoms with E-state index >= 15 is 0 Å². The molecule has 4 aromatic rings. The van der Waals surface area contributed by atoms with Crippen molar-refractivity contribution < 1.29 is 23.5 Å². The Bertz CT molecular complexity index is 1340. The van der Waals surface area contributed by atoms with Crippen LogP contribution in [0, 0.1) is 0 Å². The van der Waals surface area contributed by atoms with Crippen LogP contribution < -0.4 is 25.1 Å². The minimum absolute atomic E-state index is 0.217. The Morgan fingerprint density at radius 2 is 1.56 bits per heavy atom. The van der Waals surface area contributed by atoms with Crippen LogP contribution in [0.15, 0.2) is 70.1 Å². The van der Waals surface area contributed by atoms with E-state index in [0.717, 1.165) is 5.56 Å². The van der Waals surface area contributed by atoms with E-state index in [1.54, 1.807) is 43.5 Å². The lowest BCUT2D eigenvalue weighted by atomic mass is 10.2. The van der Waals surface area contributed by atoms with Gasteiger partial charge in [0.2, 0.25) is 11.7 Å². The summed E-state index contributed by atoms with van der Waals surface area (Å²) in [4.78, 5) is 29.4. The molecule has 4 rings (SSSR count). The Morgan fingerprint density at radius 1 is 0.912 bits per heavy atom. The van der Waals surface area contributed by atoms with Crippen molar-refractivity contribution in [3.63, 3.8) is 0 Å². The van der Waals surface area contributed by atoms with Crippen LogP contribution in [0.3, 0.4) is 0 Å². The van der Waals surface area contributed by atoms with Gasteiger partial charge in [0, 0.05) is 41.7 Å². The molecule has 1 amide bonds. The molecule has 0 saturated carbocycles. The molecule has 0 atom stereocenters. The largest absolute Gasteiger partial charge is 0.497 e. The second kappa shape index (κ2) is 9.90.